The van der Waals surface area contributed by atoms with Crippen LogP contribution in [0.1, 0.15) is 31.4 Å². The molecule has 2 aromatic rings. The van der Waals surface area contributed by atoms with Gasteiger partial charge >= 0.3 is 6.03 Å². The number of halogens is 3. The van der Waals surface area contributed by atoms with E-state index in [4.69, 9.17) is 9.47 Å². The van der Waals surface area contributed by atoms with Gasteiger partial charge in [0, 0.05) is 30.8 Å². The number of likely N-dealkylation sites (tertiary alicyclic amines) is 1. The van der Waals surface area contributed by atoms with Gasteiger partial charge in [-0.3, -0.25) is 4.79 Å². The van der Waals surface area contributed by atoms with Crippen LogP contribution in [0.15, 0.2) is 35.4 Å². The summed E-state index contributed by atoms with van der Waals surface area (Å²) in [6.45, 7) is 2.14. The van der Waals surface area contributed by atoms with Crippen LogP contribution in [0, 0.1) is 17.5 Å². The first-order valence-corrected chi connectivity index (χ1v) is 10.9. The van der Waals surface area contributed by atoms with E-state index in [0.29, 0.717) is 24.1 Å². The van der Waals surface area contributed by atoms with Gasteiger partial charge in [0.15, 0.2) is 17.7 Å². The standard InChI is InChI=1S/C23H21F3N4O4/c1-2-19-22(31)28-17-9-20(16(26)8-21(17)34-19)33-15-10-29(11-15)23(32)30-18(3-4-27-30)12-5-13(24)7-14(25)6-12/h4-9,15,18-19H,2-3,10-11H2,1H3,(H,28,31). The van der Waals surface area contributed by atoms with Crippen LogP contribution in [-0.4, -0.2) is 53.4 Å². The fraction of sp³-hybridized carbons (Fsp3) is 0.348. The van der Waals surface area contributed by atoms with Crippen molar-refractivity contribution < 1.29 is 32.2 Å². The van der Waals surface area contributed by atoms with E-state index in [-0.39, 0.29) is 30.5 Å². The largest absolute Gasteiger partial charge is 0.484 e. The number of urea groups is 1. The van der Waals surface area contributed by atoms with Crippen molar-refractivity contribution in [2.24, 2.45) is 5.10 Å². The zero-order valence-electron chi connectivity index (χ0n) is 18.1. The Bertz CT molecular complexity index is 1160. The Balaban J connectivity index is 1.22. The molecule has 0 saturated carbocycles. The molecule has 3 aliphatic heterocycles. The van der Waals surface area contributed by atoms with Gasteiger partial charge in [-0.1, -0.05) is 6.92 Å². The summed E-state index contributed by atoms with van der Waals surface area (Å²) in [4.78, 5) is 26.3. The number of amides is 3. The molecule has 1 saturated heterocycles. The summed E-state index contributed by atoms with van der Waals surface area (Å²) in [6.07, 6.45) is 1.14. The lowest BCUT2D eigenvalue weighted by Gasteiger charge is -2.41. The minimum atomic E-state index is -0.731. The Hall–Kier alpha value is -3.76. The molecule has 0 aliphatic carbocycles. The number of nitrogens with zero attached hydrogens (tertiary/aromatic N) is 3. The maximum Gasteiger partial charge on any atom is 0.341 e. The second-order valence-corrected chi connectivity index (χ2v) is 8.31. The number of rotatable bonds is 4. The van der Waals surface area contributed by atoms with Crippen LogP contribution >= 0.6 is 0 Å². The van der Waals surface area contributed by atoms with Gasteiger partial charge in [0.2, 0.25) is 0 Å². The third kappa shape index (κ3) is 4.02. The molecule has 2 atom stereocenters. The fourth-order valence-corrected chi connectivity index (χ4v) is 4.15. The fourth-order valence-electron chi connectivity index (χ4n) is 4.15. The maximum atomic E-state index is 14.5. The van der Waals surface area contributed by atoms with Gasteiger partial charge in [-0.15, -0.1) is 0 Å². The molecule has 0 radical (unpaired) electrons. The molecule has 3 aliphatic rings. The van der Waals surface area contributed by atoms with E-state index < -0.39 is 41.7 Å². The molecule has 178 valence electrons. The van der Waals surface area contributed by atoms with Crippen molar-refractivity contribution in [1.29, 1.82) is 0 Å². The lowest BCUT2D eigenvalue weighted by molar-refractivity contribution is -0.123. The van der Waals surface area contributed by atoms with Gasteiger partial charge < -0.3 is 19.7 Å². The van der Waals surface area contributed by atoms with Crippen molar-refractivity contribution in [2.75, 3.05) is 18.4 Å². The van der Waals surface area contributed by atoms with Gasteiger partial charge in [0.1, 0.15) is 23.5 Å². The first-order chi connectivity index (χ1) is 16.3. The SMILES string of the molecule is CCC1Oc2cc(F)c(OC3CN(C(=O)N4N=CCC4c4cc(F)cc(F)c4)C3)cc2NC1=O. The molecule has 1 fully saturated rings. The highest BCUT2D eigenvalue weighted by molar-refractivity contribution is 5.98. The molecule has 8 nitrogen and oxygen atoms in total. The van der Waals surface area contributed by atoms with E-state index in [1.807, 2.05) is 0 Å². The molecule has 2 unspecified atom stereocenters. The highest BCUT2D eigenvalue weighted by atomic mass is 19.1. The first kappa shape index (κ1) is 22.1. The van der Waals surface area contributed by atoms with E-state index in [1.165, 1.54) is 34.3 Å². The van der Waals surface area contributed by atoms with E-state index in [1.54, 1.807) is 6.92 Å². The monoisotopic (exact) mass is 474 g/mol. The van der Waals surface area contributed by atoms with E-state index in [9.17, 15) is 22.8 Å². The highest BCUT2D eigenvalue weighted by Gasteiger charge is 2.39. The number of benzene rings is 2. The first-order valence-electron chi connectivity index (χ1n) is 10.9. The number of fused-ring (bicyclic) bond motifs is 1. The number of nitrogens with one attached hydrogen (secondary N) is 1. The highest BCUT2D eigenvalue weighted by Crippen LogP contribution is 2.37. The second-order valence-electron chi connectivity index (χ2n) is 8.31. The van der Waals surface area contributed by atoms with Gasteiger partial charge in [-0.2, -0.15) is 5.10 Å². The molecular weight excluding hydrogens is 453 g/mol. The molecule has 0 spiro atoms. The van der Waals surface area contributed by atoms with E-state index in [0.717, 1.165) is 12.1 Å². The summed E-state index contributed by atoms with van der Waals surface area (Å²) in [6, 6.07) is 4.58. The molecule has 1 N–H and O–H groups in total. The Morgan fingerprint density at radius 3 is 2.62 bits per heavy atom. The minimum absolute atomic E-state index is 0.0676. The third-order valence-electron chi connectivity index (χ3n) is 5.93. The topological polar surface area (TPSA) is 83.5 Å². The molecule has 11 heteroatoms. The number of carbonyl (C=O) groups excluding carboxylic acids is 2. The van der Waals surface area contributed by atoms with Gasteiger partial charge in [-0.05, 0) is 24.1 Å². The predicted octanol–water partition coefficient (Wildman–Crippen LogP) is 3.83. The zero-order chi connectivity index (χ0) is 24.0. The number of anilines is 1. The summed E-state index contributed by atoms with van der Waals surface area (Å²) in [5.41, 5.74) is 0.623. The molecular formula is C23H21F3N4O4. The number of hydrogen-bond donors (Lipinski definition) is 1. The van der Waals surface area contributed by atoms with Crippen molar-refractivity contribution in [3.63, 3.8) is 0 Å². The number of hydrogen-bond acceptors (Lipinski definition) is 5. The van der Waals surface area contributed by atoms with E-state index >= 15 is 0 Å². The Labute approximate surface area is 192 Å². The summed E-state index contributed by atoms with van der Waals surface area (Å²) in [5, 5.41) is 7.93. The smallest absolute Gasteiger partial charge is 0.341 e. The number of carbonyl (C=O) groups is 2. The molecule has 34 heavy (non-hydrogen) atoms. The van der Waals surface area contributed by atoms with Crippen molar-refractivity contribution in [3.05, 3.63) is 53.3 Å². The molecule has 3 heterocycles. The molecule has 0 aromatic heterocycles. The maximum absolute atomic E-state index is 14.5. The second kappa shape index (κ2) is 8.54. The van der Waals surface area contributed by atoms with Gasteiger partial charge in [0.25, 0.3) is 5.91 Å². The van der Waals surface area contributed by atoms with Crippen molar-refractivity contribution in [1.82, 2.24) is 9.91 Å². The van der Waals surface area contributed by atoms with Crippen molar-refractivity contribution >= 4 is 23.8 Å². The molecule has 0 bridgehead atoms. The summed E-state index contributed by atoms with van der Waals surface area (Å²) in [7, 11) is 0. The van der Waals surface area contributed by atoms with Crippen LogP contribution in [0.4, 0.5) is 23.7 Å². The van der Waals surface area contributed by atoms with Crippen LogP contribution in [-0.2, 0) is 4.79 Å². The third-order valence-corrected chi connectivity index (χ3v) is 5.93. The Kier molecular flexibility index (Phi) is 5.54. The van der Waals surface area contributed by atoms with Crippen LogP contribution < -0.4 is 14.8 Å². The Morgan fingerprint density at radius 2 is 1.91 bits per heavy atom. The minimum Gasteiger partial charge on any atom is -0.484 e. The lowest BCUT2D eigenvalue weighted by atomic mass is 10.0. The Morgan fingerprint density at radius 1 is 1.18 bits per heavy atom. The summed E-state index contributed by atoms with van der Waals surface area (Å²) >= 11 is 0. The van der Waals surface area contributed by atoms with Crippen LogP contribution in [0.3, 0.4) is 0 Å². The number of ether oxygens (including phenoxy) is 2. The van der Waals surface area contributed by atoms with Gasteiger partial charge in [-0.25, -0.2) is 23.0 Å². The van der Waals surface area contributed by atoms with Gasteiger partial charge in [0.05, 0.1) is 24.8 Å². The predicted molar refractivity (Wildman–Crippen MR) is 115 cm³/mol. The molecule has 3 amide bonds. The van der Waals surface area contributed by atoms with Crippen molar-refractivity contribution in [3.8, 4) is 11.5 Å². The van der Waals surface area contributed by atoms with Crippen LogP contribution in [0.25, 0.3) is 0 Å². The van der Waals surface area contributed by atoms with Crippen LogP contribution in [0.5, 0.6) is 11.5 Å². The average molecular weight is 474 g/mol. The lowest BCUT2D eigenvalue weighted by Crippen LogP contribution is -2.58. The van der Waals surface area contributed by atoms with Crippen molar-refractivity contribution in [2.45, 2.75) is 38.0 Å². The summed E-state index contributed by atoms with van der Waals surface area (Å²) < 4.78 is 53.0. The quantitative estimate of drug-likeness (QED) is 0.730. The molecule has 2 aromatic carbocycles. The van der Waals surface area contributed by atoms with Crippen LogP contribution in [0.2, 0.25) is 0 Å². The summed E-state index contributed by atoms with van der Waals surface area (Å²) in [5.74, 6) is -2.26. The van der Waals surface area contributed by atoms with E-state index in [2.05, 4.69) is 10.4 Å². The number of hydrazone groups is 1. The molecule has 5 rings (SSSR count). The average Bonchev–Trinajstić information content (AvgIpc) is 3.25. The zero-order valence-corrected chi connectivity index (χ0v) is 18.1. The normalized spacial score (nSPS) is 21.6.